The maximum absolute atomic E-state index is 12.7. The summed E-state index contributed by atoms with van der Waals surface area (Å²) in [6.45, 7) is 1.53. The molecule has 2 amide bonds. The Morgan fingerprint density at radius 3 is 3.12 bits per heavy atom. The van der Waals surface area contributed by atoms with Crippen LogP contribution < -0.4 is 20.3 Å². The number of amides is 2. The van der Waals surface area contributed by atoms with Gasteiger partial charge in [0, 0.05) is 37.8 Å². The van der Waals surface area contributed by atoms with Gasteiger partial charge in [-0.25, -0.2) is 0 Å². The molecule has 0 saturated carbocycles. The standard InChI is InChI=1S/C17H19N5O3/c1-22-13-4-2-3-5-14(13)25-9-12(17(22)24)19-16(23)15-10-8-18-7-6-11(10)20-21-15/h2-5,12,18H,6-9H2,1H3,(H,19,23)(H,20,21)/t12-/m0/s1. The molecule has 2 aliphatic rings. The van der Waals surface area contributed by atoms with E-state index in [0.29, 0.717) is 23.7 Å². The van der Waals surface area contributed by atoms with Gasteiger partial charge in [0.15, 0.2) is 5.69 Å². The third kappa shape index (κ3) is 2.74. The molecule has 1 atom stereocenters. The van der Waals surface area contributed by atoms with Crippen molar-refractivity contribution in [2.24, 2.45) is 0 Å². The quantitative estimate of drug-likeness (QED) is 0.725. The maximum Gasteiger partial charge on any atom is 0.272 e. The van der Waals surface area contributed by atoms with Crippen LogP contribution in [-0.2, 0) is 17.8 Å². The number of anilines is 1. The molecule has 1 aromatic heterocycles. The fraction of sp³-hybridized carbons (Fsp3) is 0.353. The van der Waals surface area contributed by atoms with Crippen LogP contribution in [0.15, 0.2) is 24.3 Å². The van der Waals surface area contributed by atoms with Crippen molar-refractivity contribution in [3.8, 4) is 5.75 Å². The highest BCUT2D eigenvalue weighted by Gasteiger charge is 2.32. The zero-order chi connectivity index (χ0) is 17.4. The summed E-state index contributed by atoms with van der Waals surface area (Å²) in [7, 11) is 1.68. The molecule has 0 unspecified atom stereocenters. The summed E-state index contributed by atoms with van der Waals surface area (Å²) >= 11 is 0. The van der Waals surface area contributed by atoms with Gasteiger partial charge in [-0.3, -0.25) is 14.7 Å². The highest BCUT2D eigenvalue weighted by atomic mass is 16.5. The average molecular weight is 341 g/mol. The number of ether oxygens (including phenoxy) is 1. The summed E-state index contributed by atoms with van der Waals surface area (Å²) in [5.41, 5.74) is 2.85. The summed E-state index contributed by atoms with van der Waals surface area (Å²) < 4.78 is 5.71. The molecule has 2 aliphatic heterocycles. The smallest absolute Gasteiger partial charge is 0.272 e. The van der Waals surface area contributed by atoms with Crippen LogP contribution >= 0.6 is 0 Å². The largest absolute Gasteiger partial charge is 0.489 e. The van der Waals surface area contributed by atoms with Crippen LogP contribution in [0.3, 0.4) is 0 Å². The SMILES string of the molecule is CN1C(=O)[C@@H](NC(=O)c2n[nH]c3c2CNCC3)COc2ccccc21. The Morgan fingerprint density at radius 1 is 1.40 bits per heavy atom. The summed E-state index contributed by atoms with van der Waals surface area (Å²) in [5.74, 6) is 0.0276. The minimum atomic E-state index is -0.770. The lowest BCUT2D eigenvalue weighted by atomic mass is 10.1. The number of para-hydroxylation sites is 2. The van der Waals surface area contributed by atoms with Gasteiger partial charge in [0.05, 0.1) is 5.69 Å². The number of carbonyl (C=O) groups excluding carboxylic acids is 2. The van der Waals surface area contributed by atoms with Crippen LogP contribution in [0.1, 0.15) is 21.7 Å². The van der Waals surface area contributed by atoms with E-state index in [-0.39, 0.29) is 18.4 Å². The molecule has 130 valence electrons. The first-order valence-electron chi connectivity index (χ1n) is 8.22. The van der Waals surface area contributed by atoms with E-state index in [9.17, 15) is 9.59 Å². The van der Waals surface area contributed by atoms with Crippen LogP contribution in [0.4, 0.5) is 5.69 Å². The molecule has 0 bridgehead atoms. The van der Waals surface area contributed by atoms with Crippen molar-refractivity contribution < 1.29 is 14.3 Å². The number of aromatic nitrogens is 2. The highest BCUT2D eigenvalue weighted by Crippen LogP contribution is 2.29. The predicted octanol–water partition coefficient (Wildman–Crippen LogP) is 0.209. The van der Waals surface area contributed by atoms with Gasteiger partial charge in [-0.05, 0) is 12.1 Å². The molecular formula is C17H19N5O3. The van der Waals surface area contributed by atoms with Gasteiger partial charge < -0.3 is 20.3 Å². The lowest BCUT2D eigenvalue weighted by molar-refractivity contribution is -0.120. The lowest BCUT2D eigenvalue weighted by Crippen LogP contribution is -2.49. The van der Waals surface area contributed by atoms with E-state index < -0.39 is 6.04 Å². The number of hydrogen-bond acceptors (Lipinski definition) is 5. The van der Waals surface area contributed by atoms with E-state index in [4.69, 9.17) is 4.74 Å². The van der Waals surface area contributed by atoms with Crippen molar-refractivity contribution >= 4 is 17.5 Å². The second kappa shape index (κ2) is 6.21. The first-order valence-corrected chi connectivity index (χ1v) is 8.22. The number of rotatable bonds is 2. The van der Waals surface area contributed by atoms with Crippen molar-refractivity contribution in [3.05, 3.63) is 41.2 Å². The van der Waals surface area contributed by atoms with E-state index in [2.05, 4.69) is 20.8 Å². The minimum absolute atomic E-state index is 0.0801. The third-order valence-corrected chi connectivity index (χ3v) is 4.59. The molecule has 4 rings (SSSR count). The van der Waals surface area contributed by atoms with E-state index in [1.165, 1.54) is 4.90 Å². The Hall–Kier alpha value is -2.87. The Labute approximate surface area is 144 Å². The van der Waals surface area contributed by atoms with Crippen molar-refractivity contribution in [1.29, 1.82) is 0 Å². The lowest BCUT2D eigenvalue weighted by Gasteiger charge is -2.20. The highest BCUT2D eigenvalue weighted by molar-refractivity contribution is 6.03. The maximum atomic E-state index is 12.7. The number of carbonyl (C=O) groups is 2. The molecule has 3 N–H and O–H groups in total. The second-order valence-electron chi connectivity index (χ2n) is 6.16. The van der Waals surface area contributed by atoms with Gasteiger partial charge in [0.1, 0.15) is 18.4 Å². The van der Waals surface area contributed by atoms with Crippen LogP contribution in [0.5, 0.6) is 5.75 Å². The first kappa shape index (κ1) is 15.6. The monoisotopic (exact) mass is 341 g/mol. The van der Waals surface area contributed by atoms with Gasteiger partial charge in [-0.15, -0.1) is 0 Å². The number of nitrogens with one attached hydrogen (secondary N) is 3. The first-order chi connectivity index (χ1) is 12.1. The Balaban J connectivity index is 1.54. The minimum Gasteiger partial charge on any atom is -0.489 e. The molecule has 3 heterocycles. The van der Waals surface area contributed by atoms with Crippen molar-refractivity contribution in [1.82, 2.24) is 20.8 Å². The summed E-state index contributed by atoms with van der Waals surface area (Å²) in [6.07, 6.45) is 0.805. The molecule has 0 aliphatic carbocycles. The summed E-state index contributed by atoms with van der Waals surface area (Å²) in [6, 6.07) is 6.54. The normalized spacial score (nSPS) is 19.5. The Bertz CT molecular complexity index is 831. The summed E-state index contributed by atoms with van der Waals surface area (Å²) in [5, 5.41) is 13.0. The van der Waals surface area contributed by atoms with Gasteiger partial charge >= 0.3 is 0 Å². The zero-order valence-corrected chi connectivity index (χ0v) is 13.8. The van der Waals surface area contributed by atoms with E-state index in [1.807, 2.05) is 18.2 Å². The van der Waals surface area contributed by atoms with Crippen molar-refractivity contribution in [3.63, 3.8) is 0 Å². The Kier molecular flexibility index (Phi) is 3.89. The number of H-pyrrole nitrogens is 1. The molecular weight excluding hydrogens is 322 g/mol. The van der Waals surface area contributed by atoms with Crippen molar-refractivity contribution in [2.45, 2.75) is 19.0 Å². The molecule has 25 heavy (non-hydrogen) atoms. The van der Waals surface area contributed by atoms with Gasteiger partial charge in [0.25, 0.3) is 11.8 Å². The molecule has 2 aromatic rings. The van der Waals surface area contributed by atoms with E-state index in [0.717, 1.165) is 24.2 Å². The van der Waals surface area contributed by atoms with Crippen LogP contribution in [0.25, 0.3) is 0 Å². The number of likely N-dealkylation sites (N-methyl/N-ethyl adjacent to an activating group) is 1. The van der Waals surface area contributed by atoms with Crippen molar-refractivity contribution in [2.75, 3.05) is 25.1 Å². The molecule has 8 heteroatoms. The average Bonchev–Trinajstić information content (AvgIpc) is 3.03. The van der Waals surface area contributed by atoms with Crippen LogP contribution in [0, 0.1) is 0 Å². The van der Waals surface area contributed by atoms with Gasteiger partial charge in [-0.2, -0.15) is 5.10 Å². The summed E-state index contributed by atoms with van der Waals surface area (Å²) in [4.78, 5) is 26.8. The van der Waals surface area contributed by atoms with E-state index >= 15 is 0 Å². The third-order valence-electron chi connectivity index (χ3n) is 4.59. The molecule has 0 radical (unpaired) electrons. The second-order valence-corrected chi connectivity index (χ2v) is 6.16. The number of benzene rings is 1. The molecule has 0 saturated heterocycles. The fourth-order valence-electron chi connectivity index (χ4n) is 3.20. The van der Waals surface area contributed by atoms with Crippen LogP contribution in [-0.4, -0.2) is 48.3 Å². The van der Waals surface area contributed by atoms with Gasteiger partial charge in [-0.1, -0.05) is 12.1 Å². The van der Waals surface area contributed by atoms with Gasteiger partial charge in [0.2, 0.25) is 0 Å². The zero-order valence-electron chi connectivity index (χ0n) is 13.8. The molecule has 8 nitrogen and oxygen atoms in total. The number of aromatic amines is 1. The molecule has 0 fully saturated rings. The van der Waals surface area contributed by atoms with E-state index in [1.54, 1.807) is 13.1 Å². The number of hydrogen-bond donors (Lipinski definition) is 3. The molecule has 0 spiro atoms. The van der Waals surface area contributed by atoms with Crippen LogP contribution in [0.2, 0.25) is 0 Å². The Morgan fingerprint density at radius 2 is 2.24 bits per heavy atom. The predicted molar refractivity (Wildman–Crippen MR) is 90.6 cm³/mol. The molecule has 1 aromatic carbocycles. The number of fused-ring (bicyclic) bond motifs is 2. The topological polar surface area (TPSA) is 99.4 Å². The number of nitrogens with zero attached hydrogens (tertiary/aromatic N) is 2. The fourth-order valence-corrected chi connectivity index (χ4v) is 3.20.